The summed E-state index contributed by atoms with van der Waals surface area (Å²) < 4.78 is 26.1. The minimum atomic E-state index is -3.10. The Labute approximate surface area is 74.3 Å². The first kappa shape index (κ1) is 9.95. The van der Waals surface area contributed by atoms with Gasteiger partial charge in [-0.15, -0.1) is 0 Å². The van der Waals surface area contributed by atoms with Crippen molar-refractivity contribution in [2.75, 3.05) is 26.7 Å². The van der Waals surface area contributed by atoms with E-state index in [0.29, 0.717) is 19.6 Å². The van der Waals surface area contributed by atoms with Crippen LogP contribution >= 0.6 is 0 Å². The van der Waals surface area contributed by atoms with Crippen LogP contribution in [0.2, 0.25) is 0 Å². The van der Waals surface area contributed by atoms with Crippen molar-refractivity contribution in [3.05, 3.63) is 0 Å². The molecular weight excluding hydrogens is 176 g/mol. The summed E-state index contributed by atoms with van der Waals surface area (Å²) in [4.78, 5) is 0. The average Bonchev–Trinajstić information content (AvgIpc) is 2.00. The number of hydrogen-bond acceptors (Lipinski definition) is 2. The monoisotopic (exact) mass is 192 g/mol. The van der Waals surface area contributed by atoms with E-state index in [4.69, 9.17) is 0 Å². The summed E-state index contributed by atoms with van der Waals surface area (Å²) in [6.07, 6.45) is 1.82. The van der Waals surface area contributed by atoms with E-state index in [1.807, 2.05) is 6.92 Å². The smallest absolute Gasteiger partial charge is 0.195 e. The highest BCUT2D eigenvalue weighted by Gasteiger charge is 2.29. The van der Waals surface area contributed by atoms with Crippen LogP contribution in [-0.4, -0.2) is 43.7 Å². The Bertz CT molecular complexity index is 236. The number of rotatable bonds is 2. The Morgan fingerprint density at radius 3 is 2.58 bits per heavy atom. The van der Waals surface area contributed by atoms with Crippen LogP contribution in [-0.2, 0) is 10.2 Å². The van der Waals surface area contributed by atoms with Crippen LogP contribution in [0.1, 0.15) is 19.8 Å². The molecule has 1 fully saturated rings. The summed E-state index contributed by atoms with van der Waals surface area (Å²) in [5.74, 6) is 0. The van der Waals surface area contributed by atoms with Crippen molar-refractivity contribution in [1.82, 2.24) is 8.61 Å². The lowest BCUT2D eigenvalue weighted by molar-refractivity contribution is 0.307. The van der Waals surface area contributed by atoms with Crippen molar-refractivity contribution in [3.8, 4) is 0 Å². The molecular formula is C7H16N2O2S. The Morgan fingerprint density at radius 1 is 1.33 bits per heavy atom. The summed E-state index contributed by atoms with van der Waals surface area (Å²) >= 11 is 0. The molecule has 1 aliphatic rings. The highest BCUT2D eigenvalue weighted by molar-refractivity contribution is 7.86. The summed E-state index contributed by atoms with van der Waals surface area (Å²) in [7, 11) is -1.46. The van der Waals surface area contributed by atoms with Crippen LogP contribution in [0, 0.1) is 0 Å². The molecule has 0 amide bonds. The van der Waals surface area contributed by atoms with Crippen molar-refractivity contribution in [1.29, 1.82) is 0 Å². The summed E-state index contributed by atoms with van der Waals surface area (Å²) in [6.45, 7) is 3.97. The maximum Gasteiger partial charge on any atom is 0.281 e. The van der Waals surface area contributed by atoms with E-state index in [1.54, 1.807) is 11.4 Å². The lowest BCUT2D eigenvalue weighted by Gasteiger charge is -2.31. The molecule has 0 spiro atoms. The van der Waals surface area contributed by atoms with Gasteiger partial charge in [0.25, 0.3) is 10.2 Å². The van der Waals surface area contributed by atoms with Crippen molar-refractivity contribution in [2.24, 2.45) is 0 Å². The molecule has 0 aliphatic carbocycles. The van der Waals surface area contributed by atoms with E-state index in [0.717, 1.165) is 12.8 Å². The molecule has 0 unspecified atom stereocenters. The Morgan fingerprint density at radius 2 is 2.00 bits per heavy atom. The molecule has 0 radical (unpaired) electrons. The van der Waals surface area contributed by atoms with Gasteiger partial charge in [-0.1, -0.05) is 6.92 Å². The second-order valence-corrected chi connectivity index (χ2v) is 5.12. The van der Waals surface area contributed by atoms with Gasteiger partial charge in [-0.2, -0.15) is 17.0 Å². The lowest BCUT2D eigenvalue weighted by atomic mass is 10.4. The van der Waals surface area contributed by atoms with Gasteiger partial charge in [0.2, 0.25) is 0 Å². The van der Waals surface area contributed by atoms with Crippen LogP contribution in [0.5, 0.6) is 0 Å². The summed E-state index contributed by atoms with van der Waals surface area (Å²) in [5, 5.41) is 0. The second-order valence-electron chi connectivity index (χ2n) is 3.08. The second kappa shape index (κ2) is 3.72. The summed E-state index contributed by atoms with van der Waals surface area (Å²) in [5.41, 5.74) is 0. The lowest BCUT2D eigenvalue weighted by Crippen LogP contribution is -2.47. The fourth-order valence-electron chi connectivity index (χ4n) is 1.37. The molecule has 1 rings (SSSR count). The highest BCUT2D eigenvalue weighted by atomic mass is 32.2. The zero-order valence-corrected chi connectivity index (χ0v) is 8.47. The standard InChI is InChI=1S/C7H16N2O2S/c1-3-5-9-7-4-6-8(2)12(9,10)11/h3-7H2,1-2H3. The SMILES string of the molecule is CCCN1CCCN(C)S1(=O)=O. The third kappa shape index (κ3) is 1.78. The van der Waals surface area contributed by atoms with E-state index >= 15 is 0 Å². The van der Waals surface area contributed by atoms with Crippen LogP contribution in [0.25, 0.3) is 0 Å². The molecule has 0 bridgehead atoms. The van der Waals surface area contributed by atoms with Gasteiger partial charge in [0, 0.05) is 26.7 Å². The third-order valence-electron chi connectivity index (χ3n) is 2.07. The quantitative estimate of drug-likeness (QED) is 0.630. The topological polar surface area (TPSA) is 40.6 Å². The molecule has 1 saturated heterocycles. The van der Waals surface area contributed by atoms with Crippen molar-refractivity contribution >= 4 is 10.2 Å². The molecule has 72 valence electrons. The zero-order chi connectivity index (χ0) is 9.19. The van der Waals surface area contributed by atoms with E-state index in [2.05, 4.69) is 0 Å². The molecule has 1 aliphatic heterocycles. The third-order valence-corrected chi connectivity index (χ3v) is 4.06. The minimum Gasteiger partial charge on any atom is -0.195 e. The maximum atomic E-state index is 11.6. The zero-order valence-electron chi connectivity index (χ0n) is 7.65. The van der Waals surface area contributed by atoms with Gasteiger partial charge in [0.1, 0.15) is 0 Å². The Balaban J connectivity index is 2.73. The maximum absolute atomic E-state index is 11.6. The highest BCUT2D eigenvalue weighted by Crippen LogP contribution is 2.13. The van der Waals surface area contributed by atoms with Gasteiger partial charge in [0.05, 0.1) is 0 Å². The molecule has 0 aromatic carbocycles. The van der Waals surface area contributed by atoms with E-state index in [1.165, 1.54) is 4.31 Å². The molecule has 0 aromatic rings. The molecule has 4 nitrogen and oxygen atoms in total. The number of nitrogens with zero attached hydrogens (tertiary/aromatic N) is 2. The van der Waals surface area contributed by atoms with E-state index in [9.17, 15) is 8.42 Å². The van der Waals surface area contributed by atoms with Gasteiger partial charge in [0.15, 0.2) is 0 Å². The normalized spacial score (nSPS) is 25.8. The molecule has 0 aromatic heterocycles. The van der Waals surface area contributed by atoms with Crippen LogP contribution in [0.4, 0.5) is 0 Å². The molecule has 0 atom stereocenters. The average molecular weight is 192 g/mol. The van der Waals surface area contributed by atoms with Crippen molar-refractivity contribution in [2.45, 2.75) is 19.8 Å². The van der Waals surface area contributed by atoms with E-state index < -0.39 is 10.2 Å². The van der Waals surface area contributed by atoms with Gasteiger partial charge < -0.3 is 0 Å². The minimum absolute atomic E-state index is 0.646. The predicted octanol–water partition coefficient (Wildman–Crippen LogP) is 0.279. The fraction of sp³-hybridized carbons (Fsp3) is 1.00. The van der Waals surface area contributed by atoms with Gasteiger partial charge in [-0.25, -0.2) is 0 Å². The van der Waals surface area contributed by atoms with Gasteiger partial charge in [-0.05, 0) is 12.8 Å². The first-order valence-electron chi connectivity index (χ1n) is 4.30. The molecule has 0 saturated carbocycles. The fourth-order valence-corrected chi connectivity index (χ4v) is 2.90. The molecule has 1 heterocycles. The van der Waals surface area contributed by atoms with Gasteiger partial charge in [-0.3, -0.25) is 0 Å². The molecule has 0 N–H and O–H groups in total. The van der Waals surface area contributed by atoms with Crippen molar-refractivity contribution in [3.63, 3.8) is 0 Å². The summed E-state index contributed by atoms with van der Waals surface area (Å²) in [6, 6.07) is 0. The Hall–Kier alpha value is -0.130. The largest absolute Gasteiger partial charge is 0.281 e. The first-order chi connectivity index (χ1) is 5.59. The number of hydrogen-bond donors (Lipinski definition) is 0. The molecule has 12 heavy (non-hydrogen) atoms. The Kier molecular flexibility index (Phi) is 3.09. The van der Waals surface area contributed by atoms with Crippen LogP contribution in [0.3, 0.4) is 0 Å². The van der Waals surface area contributed by atoms with Crippen molar-refractivity contribution < 1.29 is 8.42 Å². The van der Waals surface area contributed by atoms with Crippen LogP contribution in [0.15, 0.2) is 0 Å². The first-order valence-corrected chi connectivity index (χ1v) is 5.70. The van der Waals surface area contributed by atoms with Crippen LogP contribution < -0.4 is 0 Å². The predicted molar refractivity (Wildman–Crippen MR) is 48.0 cm³/mol. The molecule has 5 heteroatoms. The van der Waals surface area contributed by atoms with E-state index in [-0.39, 0.29) is 0 Å². The van der Waals surface area contributed by atoms with Gasteiger partial charge >= 0.3 is 0 Å².